The standard InChI is InChI=1S/C64H39N5.C58H34N4S/c1-2-19-44(20-3-1)67-55-28-11-6-23-47(55)51-37-43(33-34-59(51)67)64-63(65-53-26-9-10-27-54(53)66-64)42-18-14-21-45(36-42)68-56-29-12-7-24-48(56)52-39-50-41(38-61(52)68)17-15-31-58(50)69-57-30-13-8-25-49(57)62-46-22-5-4-16-40(46)32-35-60(62)69;1-2-18-39-35(14-1)30-31-52-55(39)43-21-4-9-27-50(43)62(52)51-28-12-15-36-33-53-46(34-45(36)51)40-19-3-8-26-49(40)61(53)38-17-11-16-37(32-38)56-57(60-48-25-7-6-24-47(48)59-56)44-23-13-22-42-41-20-5-10-29-54(41)63-58(42)44/h1-39H;1-34H. The van der Waals surface area contributed by atoms with Gasteiger partial charge in [0, 0.05) is 124 Å². The van der Waals surface area contributed by atoms with Crippen molar-refractivity contribution in [2.45, 2.75) is 0 Å². The summed E-state index contributed by atoms with van der Waals surface area (Å²) in [4.78, 5) is 21.6. The van der Waals surface area contributed by atoms with E-state index in [9.17, 15) is 0 Å². The SMILES string of the molecule is c1cc(-c2nc3ccccc3nc2-c2cccc3c2sc2ccccc23)cc(-n2c3ccccc3c3cc4c(-n5c6ccccc6c6c7ccccc7ccc65)cccc4cc32)c1.c1ccc(-n2c3ccccc3c3cc(-c4nc5ccccc5nc4-c4cccc(-n5c6ccccc6c6cc7c(-n8c9ccccc9c9c%10ccccc%10ccc98)cccc7cc65)c4)ccc32)cc1. The summed E-state index contributed by atoms with van der Waals surface area (Å²) in [6.45, 7) is 0. The molecular formula is C122H73N9S. The second kappa shape index (κ2) is 29.0. The van der Waals surface area contributed by atoms with Crippen LogP contribution >= 0.6 is 11.3 Å². The second-order valence-corrected chi connectivity index (χ2v) is 35.7. The molecule has 29 rings (SSSR count). The number of fused-ring (bicyclic) bond motifs is 26. The number of rotatable bonds is 9. The average molecular weight is 1700 g/mol. The third-order valence-electron chi connectivity index (χ3n) is 27.4. The summed E-state index contributed by atoms with van der Waals surface area (Å²) in [6, 6.07) is 160. The first-order valence-corrected chi connectivity index (χ1v) is 45.8. The Labute approximate surface area is 759 Å². The van der Waals surface area contributed by atoms with Crippen molar-refractivity contribution >= 4 is 206 Å². The van der Waals surface area contributed by atoms with E-state index in [1.165, 1.54) is 156 Å². The van der Waals surface area contributed by atoms with Gasteiger partial charge < -0.3 is 22.8 Å². The zero-order valence-electron chi connectivity index (χ0n) is 71.1. The number of thiophene rings is 1. The minimum atomic E-state index is 0.844. The highest BCUT2D eigenvalue weighted by atomic mass is 32.1. The first-order chi connectivity index (χ1) is 65.5. The molecule has 0 N–H and O–H groups in total. The highest BCUT2D eigenvalue weighted by Gasteiger charge is 2.27. The Bertz CT molecular complexity index is 9970. The second-order valence-electron chi connectivity index (χ2n) is 34.6. The van der Waals surface area contributed by atoms with Crippen LogP contribution in [0.2, 0.25) is 0 Å². The molecule has 8 aromatic heterocycles. The molecule has 0 saturated heterocycles. The quantitative estimate of drug-likeness (QED) is 0.144. The van der Waals surface area contributed by atoms with Gasteiger partial charge in [0.05, 0.1) is 111 Å². The molecule has 0 spiro atoms. The minimum absolute atomic E-state index is 0.844. The molecule has 0 aliphatic heterocycles. The Hall–Kier alpha value is -17.4. The van der Waals surface area contributed by atoms with E-state index in [0.717, 1.165) is 112 Å². The van der Waals surface area contributed by atoms with Gasteiger partial charge in [-0.05, 0) is 190 Å². The third-order valence-corrected chi connectivity index (χ3v) is 28.6. The summed E-state index contributed by atoms with van der Waals surface area (Å²) in [5.74, 6) is 0. The van der Waals surface area contributed by atoms with Crippen LogP contribution in [0.5, 0.6) is 0 Å². The van der Waals surface area contributed by atoms with Crippen LogP contribution in [-0.2, 0) is 0 Å². The number of aromatic nitrogens is 9. The van der Waals surface area contributed by atoms with Crippen molar-refractivity contribution in [3.63, 3.8) is 0 Å². The molecule has 0 aliphatic carbocycles. The molecule has 0 radical (unpaired) electrons. The number of nitrogens with zero attached hydrogens (tertiary/aromatic N) is 9. The number of benzene rings is 21. The van der Waals surface area contributed by atoms with Crippen molar-refractivity contribution in [3.8, 4) is 73.5 Å². The predicted octanol–water partition coefficient (Wildman–Crippen LogP) is 32.4. The first-order valence-electron chi connectivity index (χ1n) is 45.0. The summed E-state index contributed by atoms with van der Waals surface area (Å²) < 4.78 is 14.6. The molecule has 21 aromatic carbocycles. The van der Waals surface area contributed by atoms with E-state index in [4.69, 9.17) is 19.9 Å². The van der Waals surface area contributed by atoms with Crippen LogP contribution in [0.25, 0.3) is 268 Å². The molecule has 0 unspecified atom stereocenters. The monoisotopic (exact) mass is 1700 g/mol. The number of para-hydroxylation sites is 10. The summed E-state index contributed by atoms with van der Waals surface area (Å²) in [6.07, 6.45) is 0. The van der Waals surface area contributed by atoms with E-state index in [-0.39, 0.29) is 0 Å². The largest absolute Gasteiger partial charge is 0.309 e. The number of hydrogen-bond acceptors (Lipinski definition) is 5. The molecule has 0 bridgehead atoms. The Morgan fingerprint density at radius 1 is 0.174 bits per heavy atom. The lowest BCUT2D eigenvalue weighted by Gasteiger charge is -2.15. The summed E-state index contributed by atoms with van der Waals surface area (Å²) in [5.41, 5.74) is 28.4. The smallest absolute Gasteiger partial charge is 0.0987 e. The van der Waals surface area contributed by atoms with Crippen LogP contribution in [0.1, 0.15) is 0 Å². The van der Waals surface area contributed by atoms with Gasteiger partial charge in [-0.25, -0.2) is 19.9 Å². The van der Waals surface area contributed by atoms with Crippen molar-refractivity contribution in [3.05, 3.63) is 443 Å². The fourth-order valence-corrected chi connectivity index (χ4v) is 22.9. The minimum Gasteiger partial charge on any atom is -0.309 e. The van der Waals surface area contributed by atoms with E-state index >= 15 is 0 Å². The molecule has 0 aliphatic rings. The van der Waals surface area contributed by atoms with Crippen LogP contribution in [0.15, 0.2) is 443 Å². The summed E-state index contributed by atoms with van der Waals surface area (Å²) in [5, 5.41) is 24.7. The predicted molar refractivity (Wildman–Crippen MR) is 555 cm³/mol. The highest BCUT2D eigenvalue weighted by molar-refractivity contribution is 7.26. The maximum absolute atomic E-state index is 5.42. The molecule has 8 heterocycles. The first kappa shape index (κ1) is 73.7. The lowest BCUT2D eigenvalue weighted by atomic mass is 10.0. The van der Waals surface area contributed by atoms with E-state index in [1.807, 2.05) is 35.6 Å². The van der Waals surface area contributed by atoms with E-state index in [0.29, 0.717) is 0 Å². The topological polar surface area (TPSA) is 76.2 Å². The Morgan fingerprint density at radius 2 is 0.523 bits per heavy atom. The molecular weight excluding hydrogens is 1620 g/mol. The zero-order chi connectivity index (χ0) is 86.3. The van der Waals surface area contributed by atoms with Gasteiger partial charge in [0.2, 0.25) is 0 Å². The van der Waals surface area contributed by atoms with Crippen LogP contribution in [0.3, 0.4) is 0 Å². The van der Waals surface area contributed by atoms with Crippen molar-refractivity contribution in [2.75, 3.05) is 0 Å². The maximum atomic E-state index is 5.42. The van der Waals surface area contributed by atoms with Gasteiger partial charge in [-0.2, -0.15) is 0 Å². The molecule has 9 nitrogen and oxygen atoms in total. The molecule has 0 saturated carbocycles. The van der Waals surface area contributed by atoms with Crippen LogP contribution in [-0.4, -0.2) is 42.8 Å². The van der Waals surface area contributed by atoms with E-state index in [2.05, 4.69) is 441 Å². The molecule has 29 aromatic rings. The van der Waals surface area contributed by atoms with Crippen LogP contribution in [0, 0.1) is 0 Å². The molecule has 132 heavy (non-hydrogen) atoms. The number of hydrogen-bond donors (Lipinski definition) is 0. The molecule has 612 valence electrons. The third kappa shape index (κ3) is 11.2. The van der Waals surface area contributed by atoms with Crippen molar-refractivity contribution in [2.24, 2.45) is 0 Å². The van der Waals surface area contributed by atoms with Gasteiger partial charge in [0.1, 0.15) is 0 Å². The Balaban J connectivity index is 0.000000133. The Kier molecular flexibility index (Phi) is 16.2. The van der Waals surface area contributed by atoms with Crippen molar-refractivity contribution in [1.82, 2.24) is 42.8 Å². The van der Waals surface area contributed by atoms with Crippen LogP contribution < -0.4 is 0 Å². The molecule has 0 fully saturated rings. The van der Waals surface area contributed by atoms with E-state index in [1.54, 1.807) is 0 Å². The lowest BCUT2D eigenvalue weighted by Crippen LogP contribution is -1.98. The fraction of sp³-hybridized carbons (Fsp3) is 0. The van der Waals surface area contributed by atoms with Gasteiger partial charge in [-0.1, -0.05) is 285 Å². The molecule has 0 amide bonds. The fourth-order valence-electron chi connectivity index (χ4n) is 21.7. The molecule has 10 heteroatoms. The van der Waals surface area contributed by atoms with Crippen molar-refractivity contribution in [1.29, 1.82) is 0 Å². The zero-order valence-corrected chi connectivity index (χ0v) is 71.9. The van der Waals surface area contributed by atoms with Gasteiger partial charge in [0.15, 0.2) is 0 Å². The average Bonchev–Trinajstić information content (AvgIpc) is 1.56. The summed E-state index contributed by atoms with van der Waals surface area (Å²) in [7, 11) is 0. The summed E-state index contributed by atoms with van der Waals surface area (Å²) >= 11 is 1.82. The lowest BCUT2D eigenvalue weighted by molar-refractivity contribution is 1.18. The Morgan fingerprint density at radius 3 is 1.03 bits per heavy atom. The maximum Gasteiger partial charge on any atom is 0.0987 e. The van der Waals surface area contributed by atoms with Gasteiger partial charge in [0.25, 0.3) is 0 Å². The van der Waals surface area contributed by atoms with Gasteiger partial charge in [-0.15, -0.1) is 11.3 Å². The van der Waals surface area contributed by atoms with Gasteiger partial charge in [-0.3, -0.25) is 0 Å². The van der Waals surface area contributed by atoms with Crippen molar-refractivity contribution < 1.29 is 0 Å². The van der Waals surface area contributed by atoms with Gasteiger partial charge >= 0.3 is 0 Å². The van der Waals surface area contributed by atoms with Crippen LogP contribution in [0.4, 0.5) is 0 Å². The molecule has 0 atom stereocenters. The normalized spacial score (nSPS) is 12.1. The van der Waals surface area contributed by atoms with E-state index < -0.39 is 0 Å². The highest BCUT2D eigenvalue weighted by Crippen LogP contribution is 2.49.